The van der Waals surface area contributed by atoms with Crippen molar-refractivity contribution in [1.29, 1.82) is 0 Å². The highest BCUT2D eigenvalue weighted by molar-refractivity contribution is 9.09. The lowest BCUT2D eigenvalue weighted by atomic mass is 10.0. The van der Waals surface area contributed by atoms with Gasteiger partial charge in [-0.05, 0) is 0 Å². The van der Waals surface area contributed by atoms with Crippen LogP contribution in [0.2, 0.25) is 0 Å². The van der Waals surface area contributed by atoms with E-state index in [0.717, 1.165) is 0 Å². The standard InChI is InChI=1S/C10H13BrO6/c1-6(12)15-4-8-3-10(5-11,9(14)16-8)17-7(2)13/h8H,3-5H2,1-2H3/t8-,10-/m0/s1. The lowest BCUT2D eigenvalue weighted by Crippen LogP contribution is -2.41. The number of carbonyl (C=O) groups is 3. The highest BCUT2D eigenvalue weighted by atomic mass is 79.9. The molecule has 0 aromatic carbocycles. The normalized spacial score (nSPS) is 27.5. The maximum absolute atomic E-state index is 11.6. The van der Waals surface area contributed by atoms with E-state index in [-0.39, 0.29) is 18.4 Å². The molecular formula is C10H13BrO6. The van der Waals surface area contributed by atoms with Gasteiger partial charge >= 0.3 is 17.9 Å². The van der Waals surface area contributed by atoms with Crippen LogP contribution in [0.5, 0.6) is 0 Å². The Labute approximate surface area is 107 Å². The lowest BCUT2D eigenvalue weighted by Gasteiger charge is -2.21. The smallest absolute Gasteiger partial charge is 0.352 e. The van der Waals surface area contributed by atoms with Crippen LogP contribution in [-0.2, 0) is 28.6 Å². The Morgan fingerprint density at radius 2 is 2.12 bits per heavy atom. The van der Waals surface area contributed by atoms with Gasteiger partial charge in [-0.15, -0.1) is 0 Å². The zero-order valence-corrected chi connectivity index (χ0v) is 11.1. The van der Waals surface area contributed by atoms with Gasteiger partial charge in [0.1, 0.15) is 12.7 Å². The van der Waals surface area contributed by atoms with Crippen LogP contribution in [0.1, 0.15) is 20.3 Å². The molecule has 1 fully saturated rings. The highest BCUT2D eigenvalue weighted by Gasteiger charge is 2.51. The molecule has 0 bridgehead atoms. The number of cyclic esters (lactones) is 1. The van der Waals surface area contributed by atoms with Gasteiger partial charge in [0, 0.05) is 20.3 Å². The number of hydrogen-bond donors (Lipinski definition) is 0. The van der Waals surface area contributed by atoms with Gasteiger partial charge in [0.25, 0.3) is 0 Å². The van der Waals surface area contributed by atoms with Gasteiger partial charge in [0.05, 0.1) is 5.33 Å². The summed E-state index contributed by atoms with van der Waals surface area (Å²) in [6.45, 7) is 2.45. The Morgan fingerprint density at radius 3 is 2.59 bits per heavy atom. The van der Waals surface area contributed by atoms with Crippen molar-refractivity contribution in [2.24, 2.45) is 0 Å². The van der Waals surface area contributed by atoms with Gasteiger partial charge in [-0.1, -0.05) is 15.9 Å². The zero-order valence-electron chi connectivity index (χ0n) is 9.53. The van der Waals surface area contributed by atoms with Gasteiger partial charge in [0.15, 0.2) is 0 Å². The molecule has 17 heavy (non-hydrogen) atoms. The Bertz CT molecular complexity index is 342. The quantitative estimate of drug-likeness (QED) is 0.429. The lowest BCUT2D eigenvalue weighted by molar-refractivity contribution is -0.169. The van der Waals surface area contributed by atoms with Crippen LogP contribution in [0.3, 0.4) is 0 Å². The second-order valence-corrected chi connectivity index (χ2v) is 4.32. The van der Waals surface area contributed by atoms with E-state index in [9.17, 15) is 14.4 Å². The summed E-state index contributed by atoms with van der Waals surface area (Å²) < 4.78 is 14.7. The second-order valence-electron chi connectivity index (χ2n) is 3.76. The van der Waals surface area contributed by atoms with Crippen molar-refractivity contribution in [3.8, 4) is 0 Å². The first kappa shape index (κ1) is 14.0. The number of rotatable bonds is 4. The van der Waals surface area contributed by atoms with Crippen LogP contribution in [0.15, 0.2) is 0 Å². The molecule has 1 aliphatic heterocycles. The number of esters is 3. The average Bonchev–Trinajstić information content (AvgIpc) is 2.52. The van der Waals surface area contributed by atoms with Gasteiger partial charge < -0.3 is 14.2 Å². The molecule has 0 aromatic rings. The predicted molar refractivity (Wildman–Crippen MR) is 59.4 cm³/mol. The summed E-state index contributed by atoms with van der Waals surface area (Å²) >= 11 is 3.12. The van der Waals surface area contributed by atoms with E-state index in [1.54, 1.807) is 0 Å². The molecule has 1 saturated heterocycles. The largest absolute Gasteiger partial charge is 0.462 e. The highest BCUT2D eigenvalue weighted by Crippen LogP contribution is 2.31. The Morgan fingerprint density at radius 1 is 1.47 bits per heavy atom. The molecule has 0 aromatic heterocycles. The fourth-order valence-electron chi connectivity index (χ4n) is 1.55. The van der Waals surface area contributed by atoms with Crippen LogP contribution in [0.4, 0.5) is 0 Å². The molecule has 1 aliphatic rings. The number of carbonyl (C=O) groups excluding carboxylic acids is 3. The topological polar surface area (TPSA) is 78.9 Å². The Balaban J connectivity index is 2.66. The van der Waals surface area contributed by atoms with E-state index in [2.05, 4.69) is 15.9 Å². The molecule has 6 nitrogen and oxygen atoms in total. The van der Waals surface area contributed by atoms with E-state index < -0.39 is 29.6 Å². The molecule has 0 aliphatic carbocycles. The molecule has 0 unspecified atom stereocenters. The first-order chi connectivity index (χ1) is 7.89. The molecule has 0 N–H and O–H groups in total. The van der Waals surface area contributed by atoms with Crippen molar-refractivity contribution in [2.45, 2.75) is 32.0 Å². The summed E-state index contributed by atoms with van der Waals surface area (Å²) in [4.78, 5) is 33.2. The molecule has 0 saturated carbocycles. The second kappa shape index (κ2) is 5.48. The van der Waals surface area contributed by atoms with Crippen molar-refractivity contribution in [2.75, 3.05) is 11.9 Å². The van der Waals surface area contributed by atoms with E-state index >= 15 is 0 Å². The fraction of sp³-hybridized carbons (Fsp3) is 0.700. The van der Waals surface area contributed by atoms with E-state index in [1.807, 2.05) is 0 Å². The van der Waals surface area contributed by atoms with E-state index in [0.29, 0.717) is 0 Å². The average molecular weight is 309 g/mol. The van der Waals surface area contributed by atoms with Crippen LogP contribution < -0.4 is 0 Å². The first-order valence-corrected chi connectivity index (χ1v) is 6.12. The maximum atomic E-state index is 11.6. The summed E-state index contributed by atoms with van der Waals surface area (Å²) in [7, 11) is 0. The summed E-state index contributed by atoms with van der Waals surface area (Å²) in [6, 6.07) is 0. The van der Waals surface area contributed by atoms with Crippen LogP contribution in [-0.4, -0.2) is 41.5 Å². The third-order valence-electron chi connectivity index (χ3n) is 2.23. The fourth-order valence-corrected chi connectivity index (χ4v) is 2.12. The number of ether oxygens (including phenoxy) is 3. The van der Waals surface area contributed by atoms with Crippen molar-refractivity contribution in [1.82, 2.24) is 0 Å². The predicted octanol–water partition coefficient (Wildman–Crippen LogP) is 0.562. The minimum absolute atomic E-state index is 0.0307. The van der Waals surface area contributed by atoms with Crippen molar-refractivity contribution < 1.29 is 28.6 Å². The summed E-state index contributed by atoms with van der Waals surface area (Å²) in [5.74, 6) is -1.64. The third-order valence-corrected chi connectivity index (χ3v) is 3.14. The minimum Gasteiger partial charge on any atom is -0.462 e. The van der Waals surface area contributed by atoms with Gasteiger partial charge in [0.2, 0.25) is 5.60 Å². The maximum Gasteiger partial charge on any atom is 0.352 e. The van der Waals surface area contributed by atoms with Crippen molar-refractivity contribution >= 4 is 33.8 Å². The monoisotopic (exact) mass is 308 g/mol. The number of alkyl halides is 1. The van der Waals surface area contributed by atoms with Crippen molar-refractivity contribution in [3.05, 3.63) is 0 Å². The van der Waals surface area contributed by atoms with E-state index in [1.165, 1.54) is 13.8 Å². The van der Waals surface area contributed by atoms with E-state index in [4.69, 9.17) is 14.2 Å². The minimum atomic E-state index is -1.31. The molecule has 96 valence electrons. The third kappa shape index (κ3) is 3.42. The molecular weight excluding hydrogens is 296 g/mol. The zero-order chi connectivity index (χ0) is 13.1. The summed E-state index contributed by atoms with van der Waals surface area (Å²) in [6.07, 6.45) is -0.410. The summed E-state index contributed by atoms with van der Waals surface area (Å²) in [5.41, 5.74) is -1.31. The van der Waals surface area contributed by atoms with Gasteiger partial charge in [-0.25, -0.2) is 4.79 Å². The molecule has 1 heterocycles. The van der Waals surface area contributed by atoms with Gasteiger partial charge in [-0.3, -0.25) is 9.59 Å². The van der Waals surface area contributed by atoms with Gasteiger partial charge in [-0.2, -0.15) is 0 Å². The van der Waals surface area contributed by atoms with Crippen molar-refractivity contribution in [3.63, 3.8) is 0 Å². The molecule has 0 radical (unpaired) electrons. The van der Waals surface area contributed by atoms with Crippen LogP contribution in [0.25, 0.3) is 0 Å². The first-order valence-electron chi connectivity index (χ1n) is 4.99. The molecule has 0 amide bonds. The summed E-state index contributed by atoms with van der Waals surface area (Å²) in [5, 5.41) is 0.148. The number of hydrogen-bond acceptors (Lipinski definition) is 6. The molecule has 0 spiro atoms. The Hall–Kier alpha value is -1.11. The van der Waals surface area contributed by atoms with Crippen LogP contribution in [0, 0.1) is 0 Å². The van der Waals surface area contributed by atoms with Crippen LogP contribution >= 0.6 is 15.9 Å². The molecule has 1 rings (SSSR count). The molecule has 7 heteroatoms. The number of halogens is 1. The SMILES string of the molecule is CC(=O)OC[C@@H]1C[C@@](CBr)(OC(C)=O)C(=O)O1. The Kier molecular flexibility index (Phi) is 4.50. The molecule has 2 atom stereocenters.